The number of carboxylic acid groups (broad SMARTS) is 1. The summed E-state index contributed by atoms with van der Waals surface area (Å²) in [7, 11) is 0. The van der Waals surface area contributed by atoms with E-state index in [0.717, 1.165) is 31.5 Å². The average Bonchev–Trinajstić information content (AvgIpc) is 3.03. The standard InChI is InChI=1S/C34H33F7N2O3/c35-27-8-6-21(7-9-27)22-12-16-43(17-13-22)28-10-14-32(15-11-28,24-4-2-1-3-5-24)31(46)42-29(30(44)45)23-18-25(33(36,37)38)20-26(19-23)34(39,40)41/h1-9,18-20,22,28-29H,10-17H2,(H,42,46)(H,44,45). The normalized spacial score (nSPS) is 22.3. The van der Waals surface area contributed by atoms with E-state index in [4.69, 9.17) is 0 Å². The third kappa shape index (κ3) is 7.22. The van der Waals surface area contributed by atoms with Gasteiger partial charge in [-0.2, -0.15) is 26.3 Å². The second-order valence-electron chi connectivity index (χ2n) is 12.1. The summed E-state index contributed by atoms with van der Waals surface area (Å²) in [6.45, 7) is 1.60. The summed E-state index contributed by atoms with van der Waals surface area (Å²) in [5, 5.41) is 12.3. The number of nitrogens with one attached hydrogen (secondary N) is 1. The number of alkyl halides is 6. The van der Waals surface area contributed by atoms with Crippen molar-refractivity contribution in [1.29, 1.82) is 0 Å². The molecule has 1 amide bonds. The fourth-order valence-electron chi connectivity index (χ4n) is 6.90. The molecule has 1 saturated carbocycles. The van der Waals surface area contributed by atoms with E-state index in [2.05, 4.69) is 10.2 Å². The zero-order valence-electron chi connectivity index (χ0n) is 24.7. The molecular weight excluding hydrogens is 617 g/mol. The second kappa shape index (κ2) is 13.1. The highest BCUT2D eigenvalue weighted by atomic mass is 19.4. The molecule has 2 aliphatic rings. The molecule has 12 heteroatoms. The van der Waals surface area contributed by atoms with Crippen LogP contribution in [0.15, 0.2) is 72.8 Å². The van der Waals surface area contributed by atoms with Crippen molar-refractivity contribution in [3.05, 3.63) is 106 Å². The molecule has 46 heavy (non-hydrogen) atoms. The Morgan fingerprint density at radius 3 is 1.85 bits per heavy atom. The number of likely N-dealkylation sites (tertiary alicyclic amines) is 1. The van der Waals surface area contributed by atoms with Crippen LogP contribution in [0.2, 0.25) is 0 Å². The molecular formula is C34H33F7N2O3. The Balaban J connectivity index is 1.36. The van der Waals surface area contributed by atoms with Crippen LogP contribution < -0.4 is 5.32 Å². The number of nitrogens with zero attached hydrogens (tertiary/aromatic N) is 1. The molecule has 246 valence electrons. The Hall–Kier alpha value is -3.93. The van der Waals surface area contributed by atoms with Gasteiger partial charge >= 0.3 is 18.3 Å². The summed E-state index contributed by atoms with van der Waals surface area (Å²) in [5.74, 6) is -2.55. The highest BCUT2D eigenvalue weighted by molar-refractivity contribution is 5.92. The van der Waals surface area contributed by atoms with Gasteiger partial charge in [0.05, 0.1) is 16.5 Å². The Labute approximate surface area is 261 Å². The predicted molar refractivity (Wildman–Crippen MR) is 155 cm³/mol. The number of halogens is 7. The van der Waals surface area contributed by atoms with E-state index in [-0.39, 0.29) is 17.9 Å². The molecule has 1 saturated heterocycles. The molecule has 3 aromatic carbocycles. The number of piperidine rings is 1. The van der Waals surface area contributed by atoms with Crippen molar-refractivity contribution in [3.63, 3.8) is 0 Å². The number of amides is 1. The van der Waals surface area contributed by atoms with Gasteiger partial charge in [-0.3, -0.25) is 4.79 Å². The summed E-state index contributed by atoms with van der Waals surface area (Å²) >= 11 is 0. The molecule has 1 aliphatic carbocycles. The predicted octanol–water partition coefficient (Wildman–Crippen LogP) is 7.87. The van der Waals surface area contributed by atoms with Crippen LogP contribution in [0, 0.1) is 5.82 Å². The van der Waals surface area contributed by atoms with Gasteiger partial charge in [0, 0.05) is 6.04 Å². The fraction of sp³-hybridized carbons (Fsp3) is 0.412. The minimum Gasteiger partial charge on any atom is -0.479 e. The van der Waals surface area contributed by atoms with Crippen LogP contribution in [0.3, 0.4) is 0 Å². The molecule has 0 bridgehead atoms. The van der Waals surface area contributed by atoms with E-state index in [1.54, 1.807) is 42.5 Å². The Bertz CT molecular complexity index is 1490. The molecule has 2 fully saturated rings. The van der Waals surface area contributed by atoms with Gasteiger partial charge in [-0.15, -0.1) is 0 Å². The highest BCUT2D eigenvalue weighted by Crippen LogP contribution is 2.43. The smallest absolute Gasteiger partial charge is 0.416 e. The van der Waals surface area contributed by atoms with Gasteiger partial charge in [-0.1, -0.05) is 42.5 Å². The number of carboxylic acids is 1. The Morgan fingerprint density at radius 1 is 0.804 bits per heavy atom. The molecule has 1 atom stereocenters. The number of aliphatic carboxylic acids is 1. The van der Waals surface area contributed by atoms with Crippen LogP contribution in [0.1, 0.15) is 78.3 Å². The average molecular weight is 651 g/mol. The zero-order valence-corrected chi connectivity index (χ0v) is 24.7. The van der Waals surface area contributed by atoms with Gasteiger partial charge in [0.25, 0.3) is 0 Å². The van der Waals surface area contributed by atoms with Gasteiger partial charge in [-0.25, -0.2) is 9.18 Å². The van der Waals surface area contributed by atoms with Gasteiger partial charge in [0.2, 0.25) is 5.91 Å². The van der Waals surface area contributed by atoms with Crippen molar-refractivity contribution in [3.8, 4) is 0 Å². The molecule has 1 unspecified atom stereocenters. The van der Waals surface area contributed by atoms with E-state index >= 15 is 0 Å². The lowest BCUT2D eigenvalue weighted by molar-refractivity contribution is -0.145. The molecule has 2 N–H and O–H groups in total. The maximum absolute atomic E-state index is 14.0. The number of benzene rings is 3. The number of carbonyl (C=O) groups excluding carboxylic acids is 1. The first kappa shape index (κ1) is 33.4. The third-order valence-corrected chi connectivity index (χ3v) is 9.42. The molecule has 5 rings (SSSR count). The zero-order chi connectivity index (χ0) is 33.3. The molecule has 1 heterocycles. The summed E-state index contributed by atoms with van der Waals surface area (Å²) < 4.78 is 94.5. The van der Waals surface area contributed by atoms with Gasteiger partial charge < -0.3 is 15.3 Å². The van der Waals surface area contributed by atoms with Crippen LogP contribution in [0.4, 0.5) is 30.7 Å². The lowest BCUT2D eigenvalue weighted by atomic mass is 9.67. The second-order valence-corrected chi connectivity index (χ2v) is 12.1. The largest absolute Gasteiger partial charge is 0.479 e. The third-order valence-electron chi connectivity index (χ3n) is 9.42. The van der Waals surface area contributed by atoms with Crippen molar-refractivity contribution in [2.45, 2.75) is 74.3 Å². The maximum Gasteiger partial charge on any atom is 0.416 e. The minimum atomic E-state index is -5.18. The first-order valence-electron chi connectivity index (χ1n) is 15.1. The summed E-state index contributed by atoms with van der Waals surface area (Å²) in [6.07, 6.45) is -6.86. The van der Waals surface area contributed by atoms with Crippen molar-refractivity contribution in [1.82, 2.24) is 10.2 Å². The van der Waals surface area contributed by atoms with Gasteiger partial charge in [0.1, 0.15) is 5.82 Å². The Kier molecular flexibility index (Phi) is 9.49. The molecule has 0 spiro atoms. The SMILES string of the molecule is O=C(O)C(NC(=O)C1(c2ccccc2)CCC(N2CCC(c3ccc(F)cc3)CC2)CC1)c1cc(C(F)(F)F)cc(C(F)(F)F)c1. The maximum atomic E-state index is 14.0. The van der Waals surface area contributed by atoms with E-state index in [1.807, 2.05) is 0 Å². The quantitative estimate of drug-likeness (QED) is 0.256. The van der Waals surface area contributed by atoms with Gasteiger partial charge in [-0.05, 0) is 105 Å². The molecule has 1 aliphatic heterocycles. The monoisotopic (exact) mass is 650 g/mol. The van der Waals surface area contributed by atoms with Crippen molar-refractivity contribution in [2.24, 2.45) is 0 Å². The number of rotatable bonds is 7. The molecule has 3 aromatic rings. The van der Waals surface area contributed by atoms with Crippen LogP contribution in [0.25, 0.3) is 0 Å². The van der Waals surface area contributed by atoms with Crippen LogP contribution >= 0.6 is 0 Å². The van der Waals surface area contributed by atoms with E-state index in [9.17, 15) is 45.4 Å². The van der Waals surface area contributed by atoms with Crippen LogP contribution in [0.5, 0.6) is 0 Å². The molecule has 0 radical (unpaired) electrons. The topological polar surface area (TPSA) is 69.6 Å². The Morgan fingerprint density at radius 2 is 1.35 bits per heavy atom. The van der Waals surface area contributed by atoms with Crippen molar-refractivity contribution >= 4 is 11.9 Å². The highest BCUT2D eigenvalue weighted by Gasteiger charge is 2.46. The fourth-order valence-corrected chi connectivity index (χ4v) is 6.90. The number of hydrogen-bond acceptors (Lipinski definition) is 3. The molecule has 0 aromatic heterocycles. The summed E-state index contributed by atoms with van der Waals surface area (Å²) in [6, 6.07) is 13.7. The van der Waals surface area contributed by atoms with Gasteiger partial charge in [0.15, 0.2) is 6.04 Å². The van der Waals surface area contributed by atoms with Crippen LogP contribution in [-0.4, -0.2) is 41.0 Å². The first-order valence-corrected chi connectivity index (χ1v) is 15.1. The lowest BCUT2D eigenvalue weighted by Crippen LogP contribution is -2.52. The van der Waals surface area contributed by atoms with Crippen LogP contribution in [-0.2, 0) is 27.4 Å². The summed E-state index contributed by atoms with van der Waals surface area (Å²) in [5.41, 5.74) is -3.74. The van der Waals surface area contributed by atoms with Crippen molar-refractivity contribution < 1.29 is 45.4 Å². The molecule has 5 nitrogen and oxygen atoms in total. The van der Waals surface area contributed by atoms with E-state index in [0.29, 0.717) is 49.3 Å². The first-order chi connectivity index (χ1) is 21.7. The number of carbonyl (C=O) groups is 2. The number of hydrogen-bond donors (Lipinski definition) is 2. The summed E-state index contributed by atoms with van der Waals surface area (Å²) in [4.78, 5) is 28.7. The van der Waals surface area contributed by atoms with E-state index < -0.39 is 52.4 Å². The minimum absolute atomic E-state index is 0.0839. The van der Waals surface area contributed by atoms with Crippen molar-refractivity contribution in [2.75, 3.05) is 13.1 Å². The lowest BCUT2D eigenvalue weighted by Gasteiger charge is -2.45. The van der Waals surface area contributed by atoms with E-state index in [1.165, 1.54) is 12.1 Å².